The molecule has 136 valence electrons. The summed E-state index contributed by atoms with van der Waals surface area (Å²) in [6, 6.07) is 10.8. The van der Waals surface area contributed by atoms with Crippen molar-refractivity contribution in [1.82, 2.24) is 9.78 Å². The number of aryl methyl sites for hydroxylation is 1. The molecule has 3 aromatic rings. The summed E-state index contributed by atoms with van der Waals surface area (Å²) in [5, 5.41) is 13.0. The van der Waals surface area contributed by atoms with E-state index in [1.165, 1.54) is 42.1 Å². The molecule has 0 spiro atoms. The predicted octanol–water partition coefficient (Wildman–Crippen LogP) is 3.56. The van der Waals surface area contributed by atoms with E-state index in [0.29, 0.717) is 11.3 Å². The van der Waals surface area contributed by atoms with Crippen LogP contribution < -0.4 is 9.47 Å². The number of nitriles is 1. The van der Waals surface area contributed by atoms with Crippen LogP contribution in [0.25, 0.3) is 5.69 Å². The van der Waals surface area contributed by atoms with E-state index in [2.05, 4.69) is 5.10 Å². The van der Waals surface area contributed by atoms with Crippen LogP contribution in [0.15, 0.2) is 42.5 Å². The van der Waals surface area contributed by atoms with Gasteiger partial charge in [-0.05, 0) is 37.3 Å². The third-order valence-corrected chi connectivity index (χ3v) is 3.73. The van der Waals surface area contributed by atoms with Crippen molar-refractivity contribution >= 4 is 5.97 Å². The lowest BCUT2D eigenvalue weighted by atomic mass is 10.2. The molecule has 27 heavy (non-hydrogen) atoms. The molecule has 0 aliphatic carbocycles. The Labute approximate surface area is 153 Å². The fourth-order valence-corrected chi connectivity index (χ4v) is 2.44. The van der Waals surface area contributed by atoms with Crippen molar-refractivity contribution in [3.05, 3.63) is 71.1 Å². The van der Waals surface area contributed by atoms with Crippen LogP contribution in [-0.2, 0) is 0 Å². The molecule has 0 radical (unpaired) electrons. The minimum Gasteiger partial charge on any atom is -0.493 e. The van der Waals surface area contributed by atoms with Gasteiger partial charge in [0, 0.05) is 17.8 Å². The maximum absolute atomic E-state index is 14.0. The average molecular weight is 369 g/mol. The Kier molecular flexibility index (Phi) is 4.86. The molecule has 1 aromatic heterocycles. The number of nitrogens with zero attached hydrogens (tertiary/aromatic N) is 3. The molecule has 0 fully saturated rings. The van der Waals surface area contributed by atoms with E-state index in [1.54, 1.807) is 6.92 Å². The number of methoxy groups -OCH3 is 1. The van der Waals surface area contributed by atoms with Crippen LogP contribution in [0, 0.1) is 29.9 Å². The van der Waals surface area contributed by atoms with Crippen molar-refractivity contribution in [3.63, 3.8) is 0 Å². The standard InChI is InChI=1S/C19H13F2N3O3/c1-11-7-15(23-24(11)16-5-4-13(20)9-14(16)21)19(25)27-17-6-3-12(10-22)8-18(17)26-2/h3-9H,1-2H3. The van der Waals surface area contributed by atoms with E-state index in [4.69, 9.17) is 14.7 Å². The lowest BCUT2D eigenvalue weighted by Gasteiger charge is -2.08. The fraction of sp³-hybridized carbons (Fsp3) is 0.105. The van der Waals surface area contributed by atoms with Gasteiger partial charge in [0.05, 0.1) is 18.7 Å². The molecule has 0 amide bonds. The van der Waals surface area contributed by atoms with Gasteiger partial charge in [0.15, 0.2) is 23.0 Å². The van der Waals surface area contributed by atoms with E-state index in [-0.39, 0.29) is 22.9 Å². The smallest absolute Gasteiger partial charge is 0.364 e. The van der Waals surface area contributed by atoms with Gasteiger partial charge in [-0.25, -0.2) is 18.3 Å². The number of esters is 1. The summed E-state index contributed by atoms with van der Waals surface area (Å²) >= 11 is 0. The summed E-state index contributed by atoms with van der Waals surface area (Å²) in [5.41, 5.74) is 0.740. The molecule has 1 heterocycles. The van der Waals surface area contributed by atoms with Gasteiger partial charge in [-0.15, -0.1) is 0 Å². The summed E-state index contributed by atoms with van der Waals surface area (Å²) in [5.74, 6) is -1.99. The Morgan fingerprint density at radius 3 is 2.59 bits per heavy atom. The molecule has 2 aromatic carbocycles. The van der Waals surface area contributed by atoms with Crippen molar-refractivity contribution in [1.29, 1.82) is 5.26 Å². The molecule has 0 bridgehead atoms. The molecule has 0 atom stereocenters. The molecule has 0 aliphatic heterocycles. The largest absolute Gasteiger partial charge is 0.493 e. The zero-order valence-electron chi connectivity index (χ0n) is 14.4. The lowest BCUT2D eigenvalue weighted by Crippen LogP contribution is -2.11. The summed E-state index contributed by atoms with van der Waals surface area (Å²) in [6.45, 7) is 1.62. The number of halogens is 2. The zero-order valence-corrected chi connectivity index (χ0v) is 14.4. The van der Waals surface area contributed by atoms with Gasteiger partial charge in [-0.1, -0.05) is 0 Å². The maximum atomic E-state index is 14.0. The first-order valence-corrected chi connectivity index (χ1v) is 7.75. The summed E-state index contributed by atoms with van der Waals surface area (Å²) in [7, 11) is 1.38. The molecule has 0 saturated carbocycles. The summed E-state index contributed by atoms with van der Waals surface area (Å²) < 4.78 is 38.6. The fourth-order valence-electron chi connectivity index (χ4n) is 2.44. The van der Waals surface area contributed by atoms with E-state index in [9.17, 15) is 13.6 Å². The number of rotatable bonds is 4. The number of carbonyl (C=O) groups excluding carboxylic acids is 1. The van der Waals surface area contributed by atoms with Gasteiger partial charge in [0.25, 0.3) is 0 Å². The third kappa shape index (κ3) is 3.62. The second kappa shape index (κ2) is 7.25. The number of hydrogen-bond donors (Lipinski definition) is 0. The number of carbonyl (C=O) groups is 1. The number of hydrogen-bond acceptors (Lipinski definition) is 5. The quantitative estimate of drug-likeness (QED) is 0.519. The zero-order chi connectivity index (χ0) is 19.6. The molecular formula is C19H13F2N3O3. The Hall–Kier alpha value is -3.73. The Balaban J connectivity index is 1.90. The summed E-state index contributed by atoms with van der Waals surface area (Å²) in [6.07, 6.45) is 0. The van der Waals surface area contributed by atoms with Crippen molar-refractivity contribution in [2.24, 2.45) is 0 Å². The lowest BCUT2D eigenvalue weighted by molar-refractivity contribution is 0.0723. The highest BCUT2D eigenvalue weighted by Gasteiger charge is 2.19. The first kappa shape index (κ1) is 18.1. The van der Waals surface area contributed by atoms with E-state index in [1.807, 2.05) is 6.07 Å². The van der Waals surface area contributed by atoms with E-state index < -0.39 is 17.6 Å². The molecule has 0 N–H and O–H groups in total. The van der Waals surface area contributed by atoms with Crippen molar-refractivity contribution < 1.29 is 23.0 Å². The summed E-state index contributed by atoms with van der Waals surface area (Å²) in [4.78, 5) is 12.4. The van der Waals surface area contributed by atoms with Crippen molar-refractivity contribution in [3.8, 4) is 23.3 Å². The topological polar surface area (TPSA) is 77.1 Å². The van der Waals surface area contributed by atoms with Gasteiger partial charge in [0.2, 0.25) is 0 Å². The first-order valence-electron chi connectivity index (χ1n) is 7.75. The van der Waals surface area contributed by atoms with Crippen LogP contribution >= 0.6 is 0 Å². The van der Waals surface area contributed by atoms with E-state index in [0.717, 1.165) is 12.1 Å². The van der Waals surface area contributed by atoms with Gasteiger partial charge >= 0.3 is 5.97 Å². The number of aromatic nitrogens is 2. The molecule has 0 aliphatic rings. The number of ether oxygens (including phenoxy) is 2. The highest BCUT2D eigenvalue weighted by molar-refractivity contribution is 5.89. The van der Waals surface area contributed by atoms with Gasteiger partial charge in [-0.3, -0.25) is 0 Å². The molecule has 8 heteroatoms. The highest BCUT2D eigenvalue weighted by atomic mass is 19.1. The first-order chi connectivity index (χ1) is 12.9. The third-order valence-electron chi connectivity index (χ3n) is 3.73. The molecule has 6 nitrogen and oxygen atoms in total. The average Bonchev–Trinajstić information content (AvgIpc) is 3.03. The predicted molar refractivity (Wildman–Crippen MR) is 90.9 cm³/mol. The second-order valence-corrected chi connectivity index (χ2v) is 5.55. The number of benzene rings is 2. The molecule has 0 unspecified atom stereocenters. The monoisotopic (exact) mass is 369 g/mol. The molecular weight excluding hydrogens is 356 g/mol. The normalized spacial score (nSPS) is 10.3. The van der Waals surface area contributed by atoms with Gasteiger partial charge < -0.3 is 9.47 Å². The van der Waals surface area contributed by atoms with Crippen molar-refractivity contribution in [2.45, 2.75) is 6.92 Å². The SMILES string of the molecule is COc1cc(C#N)ccc1OC(=O)c1cc(C)n(-c2ccc(F)cc2F)n1. The van der Waals surface area contributed by atoms with Crippen molar-refractivity contribution in [2.75, 3.05) is 7.11 Å². The van der Waals surface area contributed by atoms with Crippen LogP contribution in [0.4, 0.5) is 8.78 Å². The van der Waals surface area contributed by atoms with Gasteiger partial charge in [0.1, 0.15) is 11.5 Å². The van der Waals surface area contributed by atoms with Crippen LogP contribution in [0.3, 0.4) is 0 Å². The van der Waals surface area contributed by atoms with Crippen LogP contribution in [0.2, 0.25) is 0 Å². The minimum absolute atomic E-state index is 0.00361. The molecule has 3 rings (SSSR count). The highest BCUT2D eigenvalue weighted by Crippen LogP contribution is 2.28. The van der Waals surface area contributed by atoms with Crippen LogP contribution in [0.5, 0.6) is 11.5 Å². The van der Waals surface area contributed by atoms with E-state index >= 15 is 0 Å². The Bertz CT molecular complexity index is 1070. The minimum atomic E-state index is -0.810. The Morgan fingerprint density at radius 1 is 1.15 bits per heavy atom. The Morgan fingerprint density at radius 2 is 1.93 bits per heavy atom. The molecule has 0 saturated heterocycles. The second-order valence-electron chi connectivity index (χ2n) is 5.55. The van der Waals surface area contributed by atoms with Crippen LogP contribution in [-0.4, -0.2) is 22.9 Å². The van der Waals surface area contributed by atoms with Gasteiger partial charge in [-0.2, -0.15) is 10.4 Å². The maximum Gasteiger partial charge on any atom is 0.364 e. The van der Waals surface area contributed by atoms with Crippen LogP contribution in [0.1, 0.15) is 21.7 Å².